The monoisotopic (exact) mass is 326 g/mol. The Labute approximate surface area is 132 Å². The third-order valence-corrected chi connectivity index (χ3v) is 4.02. The lowest BCUT2D eigenvalue weighted by Crippen LogP contribution is -2.32. The van der Waals surface area contributed by atoms with E-state index in [1.165, 1.54) is 0 Å². The lowest BCUT2D eigenvalue weighted by atomic mass is 9.92. The molecule has 0 saturated heterocycles. The Bertz CT molecular complexity index is 661. The van der Waals surface area contributed by atoms with E-state index in [0.717, 1.165) is 5.69 Å². The summed E-state index contributed by atoms with van der Waals surface area (Å²) in [5.41, 5.74) is 0.880. The van der Waals surface area contributed by atoms with Gasteiger partial charge >= 0.3 is 0 Å². The van der Waals surface area contributed by atoms with E-state index in [4.69, 9.17) is 11.6 Å². The minimum atomic E-state index is -2.53. The number of nitrogens with one attached hydrogen (secondary N) is 1. The summed E-state index contributed by atoms with van der Waals surface area (Å²) in [4.78, 5) is 4.47. The maximum atomic E-state index is 13.2. The van der Waals surface area contributed by atoms with Crippen LogP contribution >= 0.6 is 11.6 Å². The number of nitrogens with zero attached hydrogens (tertiary/aromatic N) is 3. The van der Waals surface area contributed by atoms with Crippen LogP contribution in [0, 0.1) is 6.92 Å². The van der Waals surface area contributed by atoms with Crippen molar-refractivity contribution in [3.05, 3.63) is 35.1 Å². The van der Waals surface area contributed by atoms with Crippen LogP contribution in [-0.4, -0.2) is 26.7 Å². The van der Waals surface area contributed by atoms with Gasteiger partial charge in [-0.1, -0.05) is 11.6 Å². The Morgan fingerprint density at radius 1 is 1.32 bits per heavy atom. The molecule has 22 heavy (non-hydrogen) atoms. The Hall–Kier alpha value is -1.69. The molecule has 7 heteroatoms. The summed E-state index contributed by atoms with van der Waals surface area (Å²) < 4.78 is 28.0. The highest BCUT2D eigenvalue weighted by molar-refractivity contribution is 6.30. The predicted molar refractivity (Wildman–Crippen MR) is 81.9 cm³/mol. The first-order valence-corrected chi connectivity index (χ1v) is 7.64. The van der Waals surface area contributed by atoms with Gasteiger partial charge in [-0.2, -0.15) is 5.10 Å². The van der Waals surface area contributed by atoms with Crippen LogP contribution in [0.15, 0.2) is 24.4 Å². The van der Waals surface area contributed by atoms with Crippen LogP contribution in [0.4, 0.5) is 14.6 Å². The van der Waals surface area contributed by atoms with E-state index in [9.17, 15) is 8.78 Å². The molecule has 1 fully saturated rings. The largest absolute Gasteiger partial charge is 0.367 e. The zero-order valence-electron chi connectivity index (χ0n) is 12.2. The molecule has 0 amide bonds. The summed E-state index contributed by atoms with van der Waals surface area (Å²) in [5.74, 6) is -1.34. The van der Waals surface area contributed by atoms with Crippen molar-refractivity contribution in [3.8, 4) is 5.82 Å². The second kappa shape index (κ2) is 5.83. The first-order chi connectivity index (χ1) is 10.4. The molecular weight excluding hydrogens is 310 g/mol. The Morgan fingerprint density at radius 2 is 2.05 bits per heavy atom. The maximum absolute atomic E-state index is 13.2. The fraction of sp³-hybridized carbons (Fsp3) is 0.467. The zero-order chi connectivity index (χ0) is 15.7. The number of pyridine rings is 1. The number of halogens is 3. The average molecular weight is 327 g/mol. The highest BCUT2D eigenvalue weighted by Gasteiger charge is 2.34. The van der Waals surface area contributed by atoms with Crippen LogP contribution in [-0.2, 0) is 0 Å². The van der Waals surface area contributed by atoms with Crippen molar-refractivity contribution < 1.29 is 8.78 Å². The lowest BCUT2D eigenvalue weighted by molar-refractivity contribution is -0.0361. The maximum Gasteiger partial charge on any atom is 0.248 e. The first kappa shape index (κ1) is 15.2. The van der Waals surface area contributed by atoms with E-state index >= 15 is 0 Å². The molecule has 0 aromatic carbocycles. The molecule has 0 spiro atoms. The van der Waals surface area contributed by atoms with Gasteiger partial charge in [-0.05, 0) is 31.9 Å². The van der Waals surface area contributed by atoms with E-state index in [1.807, 2.05) is 13.0 Å². The van der Waals surface area contributed by atoms with E-state index in [-0.39, 0.29) is 18.9 Å². The third-order valence-electron chi connectivity index (χ3n) is 3.80. The van der Waals surface area contributed by atoms with Crippen LogP contribution < -0.4 is 5.32 Å². The molecule has 1 saturated carbocycles. The lowest BCUT2D eigenvalue weighted by Gasteiger charge is -2.29. The standard InChI is InChI=1S/C15H17ClF2N4/c1-10-4-7-22(21-10)14-9-11(16)8-13(20-14)19-12-2-5-15(17,18)6-3-12/h4,7-9,12H,2-3,5-6H2,1H3,(H,19,20). The molecule has 0 radical (unpaired) electrons. The van der Waals surface area contributed by atoms with Crippen molar-refractivity contribution in [1.82, 2.24) is 14.8 Å². The van der Waals surface area contributed by atoms with Gasteiger partial charge in [-0.25, -0.2) is 18.4 Å². The minimum Gasteiger partial charge on any atom is -0.367 e. The number of hydrogen-bond acceptors (Lipinski definition) is 3. The highest BCUT2D eigenvalue weighted by atomic mass is 35.5. The van der Waals surface area contributed by atoms with E-state index < -0.39 is 5.92 Å². The number of aryl methyl sites for hydroxylation is 1. The molecule has 1 aliphatic carbocycles. The summed E-state index contributed by atoms with van der Waals surface area (Å²) in [7, 11) is 0. The summed E-state index contributed by atoms with van der Waals surface area (Å²) in [5, 5.41) is 8.03. The molecule has 118 valence electrons. The molecule has 2 aromatic heterocycles. The van der Waals surface area contributed by atoms with Gasteiger partial charge < -0.3 is 5.32 Å². The van der Waals surface area contributed by atoms with E-state index in [1.54, 1.807) is 23.0 Å². The number of alkyl halides is 2. The second-order valence-corrected chi connectivity index (χ2v) is 6.14. The molecule has 1 N–H and O–H groups in total. The Kier molecular flexibility index (Phi) is 4.04. The van der Waals surface area contributed by atoms with Crippen molar-refractivity contribution in [2.24, 2.45) is 0 Å². The molecule has 0 unspecified atom stereocenters. The van der Waals surface area contributed by atoms with Gasteiger partial charge in [-0.15, -0.1) is 0 Å². The van der Waals surface area contributed by atoms with E-state index in [2.05, 4.69) is 15.4 Å². The van der Waals surface area contributed by atoms with Crippen molar-refractivity contribution in [3.63, 3.8) is 0 Å². The summed E-state index contributed by atoms with van der Waals surface area (Å²) in [6, 6.07) is 5.29. The van der Waals surface area contributed by atoms with Gasteiger partial charge in [0.1, 0.15) is 5.82 Å². The third kappa shape index (κ3) is 3.55. The molecule has 2 heterocycles. The summed E-state index contributed by atoms with van der Waals surface area (Å²) in [6.07, 6.45) is 2.49. The average Bonchev–Trinajstić information content (AvgIpc) is 2.87. The summed E-state index contributed by atoms with van der Waals surface area (Å²) >= 11 is 6.13. The normalized spacial score (nSPS) is 18.4. The molecule has 0 atom stereocenters. The van der Waals surface area contributed by atoms with Crippen LogP contribution in [0.25, 0.3) is 5.82 Å². The second-order valence-electron chi connectivity index (χ2n) is 5.71. The van der Waals surface area contributed by atoms with Gasteiger partial charge in [0.15, 0.2) is 5.82 Å². The number of anilines is 1. The topological polar surface area (TPSA) is 42.7 Å². The molecule has 1 aliphatic rings. The van der Waals surface area contributed by atoms with Gasteiger partial charge in [0, 0.05) is 36.2 Å². The Balaban J connectivity index is 1.76. The van der Waals surface area contributed by atoms with Crippen molar-refractivity contribution in [1.29, 1.82) is 0 Å². The minimum absolute atomic E-state index is 0.00204. The van der Waals surface area contributed by atoms with Crippen LogP contribution in [0.5, 0.6) is 0 Å². The summed E-state index contributed by atoms with van der Waals surface area (Å²) in [6.45, 7) is 1.89. The SMILES string of the molecule is Cc1ccn(-c2cc(Cl)cc(NC3CCC(F)(F)CC3)n2)n1. The first-order valence-electron chi connectivity index (χ1n) is 7.26. The molecule has 0 aliphatic heterocycles. The molecular formula is C15H17ClF2N4. The fourth-order valence-electron chi connectivity index (χ4n) is 2.61. The number of hydrogen-bond donors (Lipinski definition) is 1. The van der Waals surface area contributed by atoms with Crippen LogP contribution in [0.3, 0.4) is 0 Å². The number of rotatable bonds is 3. The molecule has 3 rings (SSSR count). The smallest absolute Gasteiger partial charge is 0.248 e. The van der Waals surface area contributed by atoms with Gasteiger partial charge in [0.2, 0.25) is 5.92 Å². The van der Waals surface area contributed by atoms with Gasteiger partial charge in [0.05, 0.1) is 5.69 Å². The molecule has 2 aromatic rings. The van der Waals surface area contributed by atoms with E-state index in [0.29, 0.717) is 29.5 Å². The molecule has 4 nitrogen and oxygen atoms in total. The van der Waals surface area contributed by atoms with Crippen LogP contribution in [0.2, 0.25) is 5.02 Å². The Morgan fingerprint density at radius 3 is 2.68 bits per heavy atom. The van der Waals surface area contributed by atoms with Crippen molar-refractivity contribution in [2.75, 3.05) is 5.32 Å². The quantitative estimate of drug-likeness (QED) is 0.918. The molecule has 0 bridgehead atoms. The van der Waals surface area contributed by atoms with Crippen molar-refractivity contribution in [2.45, 2.75) is 44.6 Å². The van der Waals surface area contributed by atoms with Gasteiger partial charge in [-0.3, -0.25) is 0 Å². The number of aromatic nitrogens is 3. The van der Waals surface area contributed by atoms with Crippen molar-refractivity contribution >= 4 is 17.4 Å². The fourth-order valence-corrected chi connectivity index (χ4v) is 2.81. The van der Waals surface area contributed by atoms with Gasteiger partial charge in [0.25, 0.3) is 0 Å². The highest BCUT2D eigenvalue weighted by Crippen LogP contribution is 2.34. The predicted octanol–water partition coefficient (Wildman–Crippen LogP) is 4.22. The zero-order valence-corrected chi connectivity index (χ0v) is 12.9. The van der Waals surface area contributed by atoms with Crippen LogP contribution in [0.1, 0.15) is 31.4 Å².